The summed E-state index contributed by atoms with van der Waals surface area (Å²) in [5.74, 6) is 1.52. The molecule has 0 aliphatic carbocycles. The van der Waals surface area contributed by atoms with Crippen LogP contribution < -0.4 is 4.74 Å². The van der Waals surface area contributed by atoms with Crippen molar-refractivity contribution in [3.05, 3.63) is 29.8 Å². The summed E-state index contributed by atoms with van der Waals surface area (Å²) in [5, 5.41) is 0. The highest BCUT2D eigenvalue weighted by Crippen LogP contribution is 2.27. The Morgan fingerprint density at radius 3 is 2.50 bits per heavy atom. The van der Waals surface area contributed by atoms with Gasteiger partial charge in [-0.3, -0.25) is 9.80 Å². The maximum absolute atomic E-state index is 12.5. The molecule has 3 aliphatic heterocycles. The highest BCUT2D eigenvalue weighted by molar-refractivity contribution is 5.68. The predicted molar refractivity (Wildman–Crippen MR) is 135 cm³/mol. The lowest BCUT2D eigenvalue weighted by Crippen LogP contribution is -2.58. The average Bonchev–Trinajstić information content (AvgIpc) is 2.82. The minimum Gasteiger partial charge on any atom is -0.493 e. The number of rotatable bonds is 6. The van der Waals surface area contributed by atoms with Crippen LogP contribution >= 0.6 is 0 Å². The number of carbonyl (C=O) groups is 1. The summed E-state index contributed by atoms with van der Waals surface area (Å²) in [7, 11) is 0. The second-order valence-corrected chi connectivity index (χ2v) is 11.2. The van der Waals surface area contributed by atoms with Gasteiger partial charge in [-0.2, -0.15) is 0 Å². The zero-order chi connectivity index (χ0) is 24.1. The van der Waals surface area contributed by atoms with Crippen LogP contribution in [0.15, 0.2) is 24.3 Å². The molecule has 0 unspecified atom stereocenters. The van der Waals surface area contributed by atoms with Gasteiger partial charge in [-0.1, -0.05) is 19.1 Å². The van der Waals surface area contributed by atoms with E-state index in [2.05, 4.69) is 45.9 Å². The van der Waals surface area contributed by atoms with E-state index in [0.717, 1.165) is 77.6 Å². The minimum absolute atomic E-state index is 0.176. The van der Waals surface area contributed by atoms with Gasteiger partial charge in [0.05, 0.1) is 6.61 Å². The Morgan fingerprint density at radius 2 is 1.76 bits per heavy atom. The van der Waals surface area contributed by atoms with Gasteiger partial charge in [0.15, 0.2) is 0 Å². The highest BCUT2D eigenvalue weighted by atomic mass is 16.6. The Kier molecular flexibility index (Phi) is 8.38. The third-order valence-electron chi connectivity index (χ3n) is 7.36. The van der Waals surface area contributed by atoms with Gasteiger partial charge in [-0.05, 0) is 57.9 Å². The van der Waals surface area contributed by atoms with Crippen molar-refractivity contribution in [2.24, 2.45) is 5.92 Å². The quantitative estimate of drug-likeness (QED) is 0.631. The van der Waals surface area contributed by atoms with Crippen LogP contribution in [0.5, 0.6) is 5.75 Å². The number of fused-ring (bicyclic) bond motifs is 1. The van der Waals surface area contributed by atoms with E-state index in [1.165, 1.54) is 18.7 Å². The molecule has 190 valence electrons. The standard InChI is InChI=1S/C27H44N4O3/c1-5-28-11-13-29(14-12-28)18-22-7-6-8-25(17-22)33-21-23-9-10-24-20-31(16-15-30(24)19-23)26(32)34-27(2,3)4/h6-8,17,23-24H,5,9-16,18-21H2,1-4H3/t23-,24-/m0/s1. The molecular formula is C27H44N4O3. The number of amides is 1. The van der Waals surface area contributed by atoms with Gasteiger partial charge in [-0.15, -0.1) is 0 Å². The van der Waals surface area contributed by atoms with E-state index in [-0.39, 0.29) is 6.09 Å². The Hall–Kier alpha value is -1.83. The second kappa shape index (κ2) is 11.3. The van der Waals surface area contributed by atoms with E-state index in [4.69, 9.17) is 9.47 Å². The number of hydrogen-bond donors (Lipinski definition) is 0. The fraction of sp³-hybridized carbons (Fsp3) is 0.741. The summed E-state index contributed by atoms with van der Waals surface area (Å²) < 4.78 is 11.8. The number of piperidine rings is 1. The van der Waals surface area contributed by atoms with Gasteiger partial charge >= 0.3 is 6.09 Å². The summed E-state index contributed by atoms with van der Waals surface area (Å²) >= 11 is 0. The SMILES string of the molecule is CCN1CCN(Cc2cccc(OC[C@H]3CC[C@H]4CN(C(=O)OC(C)(C)C)CCN4C3)c2)CC1. The van der Waals surface area contributed by atoms with Crippen molar-refractivity contribution in [3.63, 3.8) is 0 Å². The zero-order valence-electron chi connectivity index (χ0n) is 21.7. The molecule has 1 amide bonds. The van der Waals surface area contributed by atoms with Crippen molar-refractivity contribution in [1.82, 2.24) is 19.6 Å². The summed E-state index contributed by atoms with van der Waals surface area (Å²) in [6, 6.07) is 9.09. The first kappa shape index (κ1) is 25.3. The fourth-order valence-corrected chi connectivity index (χ4v) is 5.36. The Balaban J connectivity index is 1.21. The molecule has 0 saturated carbocycles. The van der Waals surface area contributed by atoms with E-state index in [1.807, 2.05) is 25.7 Å². The predicted octanol–water partition coefficient (Wildman–Crippen LogP) is 3.53. The summed E-state index contributed by atoms with van der Waals surface area (Å²) in [6.45, 7) is 19.0. The van der Waals surface area contributed by atoms with Gasteiger partial charge in [0.2, 0.25) is 0 Å². The molecule has 3 heterocycles. The zero-order valence-corrected chi connectivity index (χ0v) is 21.7. The van der Waals surface area contributed by atoms with Crippen LogP contribution in [-0.2, 0) is 11.3 Å². The van der Waals surface area contributed by atoms with Crippen LogP contribution in [-0.4, -0.2) is 103 Å². The maximum atomic E-state index is 12.5. The molecule has 0 radical (unpaired) electrons. The molecule has 2 atom stereocenters. The summed E-state index contributed by atoms with van der Waals surface area (Å²) in [6.07, 6.45) is 2.08. The molecule has 0 aromatic heterocycles. The first-order valence-corrected chi connectivity index (χ1v) is 13.2. The van der Waals surface area contributed by atoms with E-state index in [9.17, 15) is 4.79 Å². The smallest absolute Gasteiger partial charge is 0.410 e. The van der Waals surface area contributed by atoms with Crippen LogP contribution in [0.2, 0.25) is 0 Å². The normalized spacial score (nSPS) is 25.1. The maximum Gasteiger partial charge on any atom is 0.410 e. The number of hydrogen-bond acceptors (Lipinski definition) is 6. The molecule has 0 N–H and O–H groups in total. The first-order valence-electron chi connectivity index (χ1n) is 13.2. The summed E-state index contributed by atoms with van der Waals surface area (Å²) in [4.78, 5) is 21.9. The van der Waals surface area contributed by atoms with Crippen molar-refractivity contribution < 1.29 is 14.3 Å². The van der Waals surface area contributed by atoms with Crippen LogP contribution in [0, 0.1) is 5.92 Å². The summed E-state index contributed by atoms with van der Waals surface area (Å²) in [5.41, 5.74) is 0.898. The van der Waals surface area contributed by atoms with Gasteiger partial charge in [0.1, 0.15) is 11.4 Å². The average molecular weight is 473 g/mol. The highest BCUT2D eigenvalue weighted by Gasteiger charge is 2.36. The lowest BCUT2D eigenvalue weighted by molar-refractivity contribution is -0.0122. The van der Waals surface area contributed by atoms with Crippen LogP contribution in [0.25, 0.3) is 0 Å². The van der Waals surface area contributed by atoms with Crippen LogP contribution in [0.1, 0.15) is 46.1 Å². The molecule has 3 saturated heterocycles. The number of likely N-dealkylation sites (N-methyl/N-ethyl adjacent to an activating group) is 1. The molecule has 4 rings (SSSR count). The molecule has 1 aromatic rings. The molecule has 3 aliphatic rings. The van der Waals surface area contributed by atoms with E-state index < -0.39 is 5.60 Å². The lowest BCUT2D eigenvalue weighted by atomic mass is 9.91. The third-order valence-corrected chi connectivity index (χ3v) is 7.36. The van der Waals surface area contributed by atoms with Crippen molar-refractivity contribution in [2.75, 3.05) is 65.5 Å². The fourth-order valence-electron chi connectivity index (χ4n) is 5.36. The van der Waals surface area contributed by atoms with Crippen LogP contribution in [0.4, 0.5) is 4.79 Å². The molecule has 0 bridgehead atoms. The van der Waals surface area contributed by atoms with Crippen molar-refractivity contribution >= 4 is 6.09 Å². The molecule has 7 heteroatoms. The monoisotopic (exact) mass is 472 g/mol. The number of benzene rings is 1. The number of ether oxygens (including phenoxy) is 2. The topological polar surface area (TPSA) is 48.5 Å². The molecular weight excluding hydrogens is 428 g/mol. The van der Waals surface area contributed by atoms with Gasteiger partial charge < -0.3 is 19.3 Å². The van der Waals surface area contributed by atoms with E-state index >= 15 is 0 Å². The number of carbonyl (C=O) groups excluding carboxylic acids is 1. The molecule has 7 nitrogen and oxygen atoms in total. The Labute approximate surface area is 206 Å². The van der Waals surface area contributed by atoms with Crippen molar-refractivity contribution in [3.8, 4) is 5.75 Å². The molecule has 34 heavy (non-hydrogen) atoms. The van der Waals surface area contributed by atoms with Crippen LogP contribution in [0.3, 0.4) is 0 Å². The van der Waals surface area contributed by atoms with Crippen molar-refractivity contribution in [1.29, 1.82) is 0 Å². The number of piperazine rings is 2. The van der Waals surface area contributed by atoms with E-state index in [1.54, 1.807) is 0 Å². The molecule has 0 spiro atoms. The lowest BCUT2D eigenvalue weighted by Gasteiger charge is -2.46. The van der Waals surface area contributed by atoms with Crippen molar-refractivity contribution in [2.45, 2.75) is 58.7 Å². The molecule has 1 aromatic carbocycles. The third kappa shape index (κ3) is 7.09. The largest absolute Gasteiger partial charge is 0.493 e. The van der Waals surface area contributed by atoms with Gasteiger partial charge in [0, 0.05) is 70.9 Å². The first-order chi connectivity index (χ1) is 16.3. The van der Waals surface area contributed by atoms with Gasteiger partial charge in [-0.25, -0.2) is 4.79 Å². The Morgan fingerprint density at radius 1 is 1.00 bits per heavy atom. The van der Waals surface area contributed by atoms with E-state index in [0.29, 0.717) is 12.0 Å². The number of nitrogens with zero attached hydrogens (tertiary/aromatic N) is 4. The minimum atomic E-state index is -0.440. The molecule has 3 fully saturated rings. The second-order valence-electron chi connectivity index (χ2n) is 11.2. The Bertz CT molecular complexity index is 803. The van der Waals surface area contributed by atoms with Gasteiger partial charge in [0.25, 0.3) is 0 Å².